The predicted octanol–water partition coefficient (Wildman–Crippen LogP) is 3.63. The highest BCUT2D eigenvalue weighted by atomic mass is 19.4. The van der Waals surface area contributed by atoms with Crippen LogP contribution in [0.4, 0.5) is 13.2 Å². The quantitative estimate of drug-likeness (QED) is 0.801. The molecule has 1 aromatic heterocycles. The van der Waals surface area contributed by atoms with Gasteiger partial charge in [0.15, 0.2) is 0 Å². The molecule has 7 heteroatoms. The van der Waals surface area contributed by atoms with Crippen LogP contribution < -0.4 is 4.74 Å². The average Bonchev–Trinajstić information content (AvgIpc) is 2.85. The molecule has 2 aromatic carbocycles. The highest BCUT2D eigenvalue weighted by Crippen LogP contribution is 2.34. The number of fused-ring (bicyclic) bond motifs is 1. The molecule has 0 saturated carbocycles. The summed E-state index contributed by atoms with van der Waals surface area (Å²) in [5.41, 5.74) is 2.55. The molecule has 0 atom stereocenters. The Bertz CT molecular complexity index is 856. The number of hydrogen-bond donors (Lipinski definition) is 1. The van der Waals surface area contributed by atoms with Crippen molar-refractivity contribution < 1.29 is 23.0 Å². The van der Waals surface area contributed by atoms with Crippen molar-refractivity contribution in [2.24, 2.45) is 7.05 Å². The van der Waals surface area contributed by atoms with Crippen LogP contribution in [0.2, 0.25) is 0 Å². The van der Waals surface area contributed by atoms with Crippen LogP contribution in [0, 0.1) is 0 Å². The van der Waals surface area contributed by atoms with E-state index in [4.69, 9.17) is 0 Å². The van der Waals surface area contributed by atoms with Crippen LogP contribution in [0.3, 0.4) is 0 Å². The van der Waals surface area contributed by atoms with E-state index in [2.05, 4.69) is 9.84 Å². The van der Waals surface area contributed by atoms with Gasteiger partial charge in [0.25, 0.3) is 0 Å². The summed E-state index contributed by atoms with van der Waals surface area (Å²) in [6, 6.07) is 9.43. The van der Waals surface area contributed by atoms with Crippen LogP contribution >= 0.6 is 0 Å². The molecule has 1 N–H and O–H groups in total. The summed E-state index contributed by atoms with van der Waals surface area (Å²) >= 11 is 0. The number of nitrogens with zero attached hydrogens (tertiary/aromatic N) is 2. The lowest BCUT2D eigenvalue weighted by atomic mass is 9.97. The van der Waals surface area contributed by atoms with Crippen LogP contribution in [-0.4, -0.2) is 21.2 Å². The van der Waals surface area contributed by atoms with E-state index in [1.54, 1.807) is 11.7 Å². The molecule has 0 spiro atoms. The SMILES string of the molecule is Cn1cc2c(-c3ccc(OC(F)(F)F)cc3CO)cccc2n1. The molecule has 0 amide bonds. The average molecular weight is 322 g/mol. The zero-order chi connectivity index (χ0) is 16.6. The number of ether oxygens (including phenoxy) is 1. The van der Waals surface area contributed by atoms with Gasteiger partial charge < -0.3 is 9.84 Å². The fourth-order valence-electron chi connectivity index (χ4n) is 2.56. The molecule has 3 rings (SSSR count). The highest BCUT2D eigenvalue weighted by Gasteiger charge is 2.31. The Hall–Kier alpha value is -2.54. The lowest BCUT2D eigenvalue weighted by Crippen LogP contribution is -2.17. The van der Waals surface area contributed by atoms with Gasteiger partial charge in [-0.2, -0.15) is 5.10 Å². The fourth-order valence-corrected chi connectivity index (χ4v) is 2.56. The van der Waals surface area contributed by atoms with E-state index in [0.29, 0.717) is 11.1 Å². The maximum Gasteiger partial charge on any atom is 0.573 e. The maximum absolute atomic E-state index is 12.3. The summed E-state index contributed by atoms with van der Waals surface area (Å²) in [6.45, 7) is -0.402. The molecule has 23 heavy (non-hydrogen) atoms. The minimum absolute atomic E-state index is 0.350. The number of rotatable bonds is 3. The van der Waals surface area contributed by atoms with E-state index >= 15 is 0 Å². The number of aliphatic hydroxyl groups excluding tert-OH is 1. The third kappa shape index (κ3) is 3.14. The number of halogens is 3. The molecular formula is C16H13F3N2O2. The lowest BCUT2D eigenvalue weighted by Gasteiger charge is -2.13. The van der Waals surface area contributed by atoms with E-state index in [1.165, 1.54) is 18.2 Å². The van der Waals surface area contributed by atoms with Gasteiger partial charge >= 0.3 is 6.36 Å². The third-order valence-corrected chi connectivity index (χ3v) is 3.44. The Labute approximate surface area is 129 Å². The Morgan fingerprint density at radius 2 is 1.96 bits per heavy atom. The lowest BCUT2D eigenvalue weighted by molar-refractivity contribution is -0.274. The molecule has 0 aliphatic carbocycles. The Kier molecular flexibility index (Phi) is 3.73. The van der Waals surface area contributed by atoms with Crippen LogP contribution in [0.5, 0.6) is 5.75 Å². The monoisotopic (exact) mass is 322 g/mol. The van der Waals surface area contributed by atoms with Crippen molar-refractivity contribution in [2.45, 2.75) is 13.0 Å². The highest BCUT2D eigenvalue weighted by molar-refractivity contribution is 5.95. The standard InChI is InChI=1S/C16H13F3N2O2/c1-21-8-14-13(3-2-4-15(14)20-21)12-6-5-11(7-10(12)9-22)23-16(17,18)19/h2-8,22H,9H2,1H3. The summed E-state index contributed by atoms with van der Waals surface area (Å²) < 4.78 is 42.5. The van der Waals surface area contributed by atoms with Crippen LogP contribution in [0.25, 0.3) is 22.0 Å². The molecule has 0 bridgehead atoms. The second kappa shape index (κ2) is 5.58. The molecule has 0 aliphatic heterocycles. The van der Waals surface area contributed by atoms with Gasteiger partial charge in [-0.1, -0.05) is 18.2 Å². The van der Waals surface area contributed by atoms with Crippen molar-refractivity contribution in [3.8, 4) is 16.9 Å². The van der Waals surface area contributed by atoms with Crippen molar-refractivity contribution in [3.63, 3.8) is 0 Å². The number of aliphatic hydroxyl groups is 1. The third-order valence-electron chi connectivity index (χ3n) is 3.44. The summed E-state index contributed by atoms with van der Waals surface area (Å²) in [5.74, 6) is -0.358. The Morgan fingerprint density at radius 1 is 1.17 bits per heavy atom. The summed E-state index contributed by atoms with van der Waals surface area (Å²) in [4.78, 5) is 0. The molecule has 1 heterocycles. The first-order chi connectivity index (χ1) is 10.9. The predicted molar refractivity (Wildman–Crippen MR) is 78.8 cm³/mol. The normalized spacial score (nSPS) is 11.9. The van der Waals surface area contributed by atoms with Gasteiger partial charge in [-0.3, -0.25) is 4.68 Å². The van der Waals surface area contributed by atoms with Crippen molar-refractivity contribution in [2.75, 3.05) is 0 Å². The molecular weight excluding hydrogens is 309 g/mol. The molecule has 0 unspecified atom stereocenters. The van der Waals surface area contributed by atoms with Crippen LogP contribution in [0.15, 0.2) is 42.6 Å². The van der Waals surface area contributed by atoms with Gasteiger partial charge in [-0.05, 0) is 34.9 Å². The number of aromatic nitrogens is 2. The molecule has 120 valence electrons. The molecule has 0 saturated heterocycles. The summed E-state index contributed by atoms with van der Waals surface area (Å²) in [7, 11) is 1.79. The number of hydrogen-bond acceptors (Lipinski definition) is 3. The smallest absolute Gasteiger partial charge is 0.406 e. The van der Waals surface area contributed by atoms with E-state index in [9.17, 15) is 18.3 Å². The van der Waals surface area contributed by atoms with Crippen molar-refractivity contribution >= 4 is 10.9 Å². The van der Waals surface area contributed by atoms with Gasteiger partial charge in [-0.15, -0.1) is 13.2 Å². The zero-order valence-electron chi connectivity index (χ0n) is 12.1. The first-order valence-corrected chi connectivity index (χ1v) is 6.79. The van der Waals surface area contributed by atoms with Gasteiger partial charge in [0, 0.05) is 18.6 Å². The van der Waals surface area contributed by atoms with E-state index in [0.717, 1.165) is 16.5 Å². The minimum Gasteiger partial charge on any atom is -0.406 e. The molecule has 0 aliphatic rings. The zero-order valence-corrected chi connectivity index (χ0v) is 12.1. The van der Waals surface area contributed by atoms with Crippen molar-refractivity contribution in [1.29, 1.82) is 0 Å². The summed E-state index contributed by atoms with van der Waals surface area (Å²) in [5, 5.41) is 14.7. The molecule has 3 aromatic rings. The maximum atomic E-state index is 12.3. The number of benzene rings is 2. The van der Waals surface area contributed by atoms with Gasteiger partial charge in [-0.25, -0.2) is 0 Å². The second-order valence-corrected chi connectivity index (χ2v) is 5.07. The number of alkyl halides is 3. The minimum atomic E-state index is -4.77. The Morgan fingerprint density at radius 3 is 2.65 bits per heavy atom. The van der Waals surface area contributed by atoms with Crippen molar-refractivity contribution in [3.05, 3.63) is 48.2 Å². The van der Waals surface area contributed by atoms with Gasteiger partial charge in [0.05, 0.1) is 12.1 Å². The van der Waals surface area contributed by atoms with Gasteiger partial charge in [0.2, 0.25) is 0 Å². The molecule has 4 nitrogen and oxygen atoms in total. The summed E-state index contributed by atoms with van der Waals surface area (Å²) in [6.07, 6.45) is -2.94. The van der Waals surface area contributed by atoms with Crippen molar-refractivity contribution in [1.82, 2.24) is 9.78 Å². The number of aryl methyl sites for hydroxylation is 1. The largest absolute Gasteiger partial charge is 0.573 e. The van der Waals surface area contributed by atoms with E-state index < -0.39 is 13.0 Å². The van der Waals surface area contributed by atoms with E-state index in [1.807, 2.05) is 24.4 Å². The van der Waals surface area contributed by atoms with E-state index in [-0.39, 0.29) is 5.75 Å². The van der Waals surface area contributed by atoms with Crippen LogP contribution in [-0.2, 0) is 13.7 Å². The second-order valence-electron chi connectivity index (χ2n) is 5.07. The fraction of sp³-hybridized carbons (Fsp3) is 0.188. The Balaban J connectivity index is 2.11. The molecule has 0 fully saturated rings. The van der Waals surface area contributed by atoms with Crippen LogP contribution in [0.1, 0.15) is 5.56 Å². The first-order valence-electron chi connectivity index (χ1n) is 6.79. The topological polar surface area (TPSA) is 47.3 Å². The molecule has 0 radical (unpaired) electrons. The first kappa shape index (κ1) is 15.4. The van der Waals surface area contributed by atoms with Gasteiger partial charge in [0.1, 0.15) is 5.75 Å².